The summed E-state index contributed by atoms with van der Waals surface area (Å²) in [6, 6.07) is 32.6. The van der Waals surface area contributed by atoms with Crippen LogP contribution in [0.1, 0.15) is 15.1 Å². The van der Waals surface area contributed by atoms with Crippen LogP contribution < -0.4 is 0 Å². The molecule has 0 radical (unpaired) electrons. The fourth-order valence-electron chi connectivity index (χ4n) is 7.10. The number of hydrogen-bond donors (Lipinski definition) is 0. The quantitative estimate of drug-likeness (QED) is 0.176. The molecule has 1 nitrogen and oxygen atoms in total. The topological polar surface area (TPSA) is 13.1 Å². The highest BCUT2D eigenvalue weighted by molar-refractivity contribution is 6.22. The molecular weight excluding hydrogens is 593 g/mol. The van der Waals surface area contributed by atoms with Crippen molar-refractivity contribution in [3.8, 4) is 44.5 Å². The van der Waals surface area contributed by atoms with Gasteiger partial charge in [-0.25, -0.2) is 0 Å². The van der Waals surface area contributed by atoms with Gasteiger partial charge in [-0.3, -0.25) is 0 Å². The van der Waals surface area contributed by atoms with Crippen LogP contribution >= 0.6 is 0 Å². The summed E-state index contributed by atoms with van der Waals surface area (Å²) in [7, 11) is 0. The van der Waals surface area contributed by atoms with Crippen LogP contribution in [0, 0.1) is 0 Å². The average Bonchev–Trinajstić information content (AvgIpc) is 3.68. The lowest BCUT2D eigenvalue weighted by Gasteiger charge is -2.18. The van der Waals surface area contributed by atoms with Gasteiger partial charge in [0.05, 0.1) is 15.1 Å². The lowest BCUT2D eigenvalue weighted by atomic mass is 9.85. The fourth-order valence-corrected chi connectivity index (χ4v) is 7.10. The van der Waals surface area contributed by atoms with Crippen LogP contribution in [-0.2, 0) is 0 Å². The first-order valence-corrected chi connectivity index (χ1v) is 16.0. The molecule has 0 saturated heterocycles. The Morgan fingerprint density at radius 3 is 1.69 bits per heavy atom. The summed E-state index contributed by atoms with van der Waals surface area (Å²) >= 11 is 0. The summed E-state index contributed by atoms with van der Waals surface area (Å²) in [4.78, 5) is 0. The molecule has 0 aliphatic rings. The van der Waals surface area contributed by atoms with E-state index in [-0.39, 0.29) is 45.2 Å². The zero-order chi connectivity index (χ0) is 41.9. The third-order valence-electron chi connectivity index (χ3n) is 9.27. The molecule has 9 aromatic carbocycles. The van der Waals surface area contributed by atoms with Crippen LogP contribution in [0.25, 0.3) is 98.8 Å². The van der Waals surface area contributed by atoms with Crippen molar-refractivity contribution in [3.63, 3.8) is 0 Å². The van der Waals surface area contributed by atoms with Gasteiger partial charge < -0.3 is 4.42 Å². The molecule has 1 heterocycles. The molecule has 228 valence electrons. The highest BCUT2D eigenvalue weighted by Gasteiger charge is 2.19. The Bertz CT molecular complexity index is 3410. The van der Waals surface area contributed by atoms with Gasteiger partial charge in [0.2, 0.25) is 0 Å². The van der Waals surface area contributed by atoms with Crippen LogP contribution in [0.4, 0.5) is 0 Å². The van der Waals surface area contributed by atoms with Crippen LogP contribution in [0.3, 0.4) is 0 Å². The normalized spacial score (nSPS) is 14.8. The summed E-state index contributed by atoms with van der Waals surface area (Å²) in [6.07, 6.45) is 0. The van der Waals surface area contributed by atoms with E-state index in [0.29, 0.717) is 5.56 Å². The van der Waals surface area contributed by atoms with Crippen LogP contribution in [0.2, 0.25) is 0 Å². The number of benzene rings is 9. The zero-order valence-electron chi connectivity index (χ0n) is 36.9. The first kappa shape index (κ1) is 18.8. The number of rotatable bonds is 4. The third kappa shape index (κ3) is 4.40. The molecule has 0 aliphatic heterocycles. The Kier molecular flexibility index (Phi) is 4.25. The van der Waals surface area contributed by atoms with Gasteiger partial charge in [-0.05, 0) is 83.3 Å². The second-order valence-electron chi connectivity index (χ2n) is 12.0. The van der Waals surface area contributed by atoms with E-state index in [1.165, 1.54) is 0 Å². The molecule has 0 aliphatic carbocycles. The van der Waals surface area contributed by atoms with Crippen molar-refractivity contribution in [1.82, 2.24) is 0 Å². The van der Waals surface area contributed by atoms with Gasteiger partial charge in [0.15, 0.2) is 0 Å². The van der Waals surface area contributed by atoms with Gasteiger partial charge in [-0.1, -0.05) is 170 Å². The Balaban J connectivity index is 1.26. The molecule has 1 heteroatoms. The fraction of sp³-hybridized carbons (Fsp3) is 0. The van der Waals surface area contributed by atoms with Crippen molar-refractivity contribution in [1.29, 1.82) is 0 Å². The molecule has 0 fully saturated rings. The zero-order valence-corrected chi connectivity index (χ0v) is 25.9. The smallest absolute Gasteiger partial charge is 0.143 e. The number of fused-ring (bicyclic) bond motifs is 6. The van der Waals surface area contributed by atoms with E-state index in [2.05, 4.69) is 54.6 Å². The van der Waals surface area contributed by atoms with E-state index in [9.17, 15) is 4.11 Å². The summed E-state index contributed by atoms with van der Waals surface area (Å²) in [5, 5.41) is 5.28. The predicted octanol–water partition coefficient (Wildman–Crippen LogP) is 13.7. The minimum atomic E-state index is -0.655. The number of furan rings is 1. The molecule has 0 spiro atoms. The van der Waals surface area contributed by atoms with Gasteiger partial charge in [0, 0.05) is 16.3 Å². The third-order valence-corrected chi connectivity index (χ3v) is 9.27. The Hall–Kier alpha value is -6.44. The van der Waals surface area contributed by atoms with Crippen molar-refractivity contribution in [3.05, 3.63) is 182 Å². The van der Waals surface area contributed by atoms with Gasteiger partial charge in [-0.15, -0.1) is 0 Å². The molecule has 0 bridgehead atoms. The minimum absolute atomic E-state index is 0.0469. The molecule has 10 aromatic rings. The Morgan fingerprint density at radius 1 is 0.367 bits per heavy atom. The predicted molar refractivity (Wildman–Crippen MR) is 208 cm³/mol. The first-order chi connectivity index (χ1) is 28.9. The Morgan fingerprint density at radius 2 is 0.980 bits per heavy atom. The average molecular weight is 634 g/mol. The molecule has 10 rings (SSSR count). The summed E-state index contributed by atoms with van der Waals surface area (Å²) in [5.74, 6) is 0. The maximum Gasteiger partial charge on any atom is 0.143 e. The van der Waals surface area contributed by atoms with Crippen molar-refractivity contribution in [2.75, 3.05) is 0 Å². The van der Waals surface area contributed by atoms with E-state index < -0.39 is 59.9 Å². The molecule has 0 atom stereocenters. The highest BCUT2D eigenvalue weighted by atomic mass is 16.3. The summed E-state index contributed by atoms with van der Waals surface area (Å²) in [5.41, 5.74) is 3.49. The minimum Gasteiger partial charge on any atom is -0.455 e. The molecule has 1 aromatic heterocycles. The molecule has 49 heavy (non-hydrogen) atoms. The van der Waals surface area contributed by atoms with E-state index >= 15 is 0 Å². The SMILES string of the molecule is [2H]c1c([2H])c([2H])c(-c2c([2H])c([2H])c([2H])c3c2oc2c([2H])c([2H])c(-c4c5ccccc5c(-c5ccc(-c6cccc7ccccc67)cc5)c5ccccc45)c([2H])c23)c([2H])c1[2H]. The molecular formula is C48H30O. The van der Waals surface area contributed by atoms with Gasteiger partial charge in [0.25, 0.3) is 0 Å². The van der Waals surface area contributed by atoms with Crippen molar-refractivity contribution in [2.24, 2.45) is 0 Å². The molecule has 0 amide bonds. The standard InChI is InChI=1S/C48H30O/c1-2-12-32(13-3-1)38-22-11-23-43-44-30-35(28-29-45(44)49-48(38)43)47-41-19-8-6-17-39(41)46(40-18-7-9-20-42(40)47)34-26-24-33(25-27-34)37-21-10-15-31-14-4-5-16-36(31)37/h1-30H/i1D,2D,3D,11D,12D,13D,22D,23D,28D,29D,30D. The highest BCUT2D eigenvalue weighted by Crippen LogP contribution is 2.45. The second kappa shape index (κ2) is 11.1. The van der Waals surface area contributed by atoms with Crippen LogP contribution in [0.15, 0.2) is 186 Å². The van der Waals surface area contributed by atoms with Crippen LogP contribution in [-0.4, -0.2) is 0 Å². The van der Waals surface area contributed by atoms with Crippen molar-refractivity contribution < 1.29 is 19.5 Å². The lowest BCUT2D eigenvalue weighted by molar-refractivity contribution is 0.670. The van der Waals surface area contributed by atoms with E-state index in [0.717, 1.165) is 54.6 Å². The lowest BCUT2D eigenvalue weighted by Crippen LogP contribution is -1.91. The van der Waals surface area contributed by atoms with E-state index in [1.54, 1.807) is 0 Å². The maximum absolute atomic E-state index is 9.81. The molecule has 0 saturated carbocycles. The Labute approximate surface area is 299 Å². The van der Waals surface area contributed by atoms with E-state index in [1.807, 2.05) is 60.7 Å². The largest absolute Gasteiger partial charge is 0.455 e. The van der Waals surface area contributed by atoms with Gasteiger partial charge in [-0.2, -0.15) is 0 Å². The summed E-state index contributed by atoms with van der Waals surface area (Å²) in [6.45, 7) is 0. The number of hydrogen-bond acceptors (Lipinski definition) is 1. The monoisotopic (exact) mass is 633 g/mol. The summed E-state index contributed by atoms with van der Waals surface area (Å²) < 4.78 is 103. The van der Waals surface area contributed by atoms with Crippen molar-refractivity contribution >= 4 is 54.3 Å². The molecule has 0 N–H and O–H groups in total. The van der Waals surface area contributed by atoms with Crippen molar-refractivity contribution in [2.45, 2.75) is 0 Å². The van der Waals surface area contributed by atoms with Gasteiger partial charge >= 0.3 is 0 Å². The second-order valence-corrected chi connectivity index (χ2v) is 12.0. The van der Waals surface area contributed by atoms with Gasteiger partial charge in [0.1, 0.15) is 11.2 Å². The number of para-hydroxylation sites is 1. The van der Waals surface area contributed by atoms with Crippen LogP contribution in [0.5, 0.6) is 0 Å². The first-order valence-electron chi connectivity index (χ1n) is 21.5. The maximum atomic E-state index is 9.81. The molecule has 0 unspecified atom stereocenters. The van der Waals surface area contributed by atoms with E-state index in [4.69, 9.17) is 15.4 Å².